The van der Waals surface area contributed by atoms with E-state index in [0.29, 0.717) is 29.3 Å². The van der Waals surface area contributed by atoms with E-state index in [0.717, 1.165) is 37.0 Å². The van der Waals surface area contributed by atoms with E-state index in [1.807, 2.05) is 6.92 Å². The minimum atomic E-state index is -0.507. The van der Waals surface area contributed by atoms with E-state index in [1.54, 1.807) is 24.3 Å². The molecule has 2 aromatic carbocycles. The number of carbonyl (C=O) groups is 1. The molecule has 8 nitrogen and oxygen atoms in total. The van der Waals surface area contributed by atoms with Gasteiger partial charge in [0.1, 0.15) is 11.9 Å². The van der Waals surface area contributed by atoms with Crippen molar-refractivity contribution in [2.75, 3.05) is 31.7 Å². The molecular weight excluding hydrogens is 417 g/mol. The number of halogens is 1. The minimum absolute atomic E-state index is 0.183. The van der Waals surface area contributed by atoms with Crippen LogP contribution in [0.4, 0.5) is 14.9 Å². The molecule has 0 saturated carbocycles. The molecule has 0 radical (unpaired) electrons. The third-order valence-electron chi connectivity index (χ3n) is 5.88. The molecule has 5 rings (SSSR count). The SMILES string of the molecule is CC(CN1CCC(c2noc3cc(F)ccc23)CC1)OC(=O)Nc1ccc2c(c1)OCO2. The summed E-state index contributed by atoms with van der Waals surface area (Å²) in [5.41, 5.74) is 1.97. The maximum atomic E-state index is 13.4. The first kappa shape index (κ1) is 20.6. The summed E-state index contributed by atoms with van der Waals surface area (Å²) in [6.45, 7) is 4.43. The molecule has 3 aromatic rings. The van der Waals surface area contributed by atoms with Crippen molar-refractivity contribution in [3.05, 3.63) is 47.9 Å². The van der Waals surface area contributed by atoms with Crippen molar-refractivity contribution in [2.24, 2.45) is 0 Å². The fraction of sp³-hybridized carbons (Fsp3) is 0.391. The third kappa shape index (κ3) is 4.34. The molecule has 1 N–H and O–H groups in total. The van der Waals surface area contributed by atoms with Gasteiger partial charge >= 0.3 is 6.09 Å². The molecule has 0 spiro atoms. The van der Waals surface area contributed by atoms with Gasteiger partial charge in [0.15, 0.2) is 17.1 Å². The van der Waals surface area contributed by atoms with E-state index in [1.165, 1.54) is 12.1 Å². The summed E-state index contributed by atoms with van der Waals surface area (Å²) >= 11 is 0. The molecule has 1 aromatic heterocycles. The highest BCUT2D eigenvalue weighted by atomic mass is 19.1. The van der Waals surface area contributed by atoms with Crippen LogP contribution in [0.15, 0.2) is 40.9 Å². The number of nitrogens with zero attached hydrogens (tertiary/aromatic N) is 2. The highest BCUT2D eigenvalue weighted by Gasteiger charge is 2.26. The number of likely N-dealkylation sites (tertiary alicyclic amines) is 1. The molecule has 1 unspecified atom stereocenters. The topological polar surface area (TPSA) is 86.1 Å². The Kier molecular flexibility index (Phi) is 5.57. The molecule has 1 saturated heterocycles. The molecular formula is C23H24FN3O5. The van der Waals surface area contributed by atoms with Gasteiger partial charge in [-0.25, -0.2) is 9.18 Å². The highest BCUT2D eigenvalue weighted by Crippen LogP contribution is 2.35. The number of rotatable bonds is 5. The molecule has 0 bridgehead atoms. The Morgan fingerprint density at radius 1 is 1.22 bits per heavy atom. The van der Waals surface area contributed by atoms with Gasteiger partial charge in [-0.2, -0.15) is 0 Å². The van der Waals surface area contributed by atoms with Gasteiger partial charge in [-0.3, -0.25) is 10.2 Å². The average Bonchev–Trinajstić information content (AvgIpc) is 3.40. The average molecular weight is 441 g/mol. The third-order valence-corrected chi connectivity index (χ3v) is 5.88. The molecule has 3 heterocycles. The second-order valence-corrected chi connectivity index (χ2v) is 8.19. The summed E-state index contributed by atoms with van der Waals surface area (Å²) in [5, 5.41) is 7.79. The van der Waals surface area contributed by atoms with E-state index >= 15 is 0 Å². The molecule has 0 aliphatic carbocycles. The molecule has 2 aliphatic heterocycles. The summed E-state index contributed by atoms with van der Waals surface area (Å²) in [6, 6.07) is 9.74. The van der Waals surface area contributed by atoms with Crippen molar-refractivity contribution in [3.8, 4) is 11.5 Å². The maximum Gasteiger partial charge on any atom is 0.411 e. The van der Waals surface area contributed by atoms with Gasteiger partial charge < -0.3 is 18.7 Å². The lowest BCUT2D eigenvalue weighted by Crippen LogP contribution is -2.39. The molecule has 168 valence electrons. The second-order valence-electron chi connectivity index (χ2n) is 8.19. The Balaban J connectivity index is 1.10. The normalized spacial score (nSPS) is 17.4. The predicted octanol–water partition coefficient (Wildman–Crippen LogP) is 4.51. The van der Waals surface area contributed by atoms with Crippen LogP contribution in [0.5, 0.6) is 11.5 Å². The minimum Gasteiger partial charge on any atom is -0.454 e. The summed E-state index contributed by atoms with van der Waals surface area (Å²) < 4.78 is 34.8. The van der Waals surface area contributed by atoms with Crippen molar-refractivity contribution in [1.82, 2.24) is 10.1 Å². The van der Waals surface area contributed by atoms with Crippen LogP contribution < -0.4 is 14.8 Å². The van der Waals surface area contributed by atoms with Gasteiger partial charge in [0.2, 0.25) is 6.79 Å². The first-order chi connectivity index (χ1) is 15.5. The Bertz CT molecular complexity index is 1130. The van der Waals surface area contributed by atoms with Crippen LogP contribution in [0.2, 0.25) is 0 Å². The Morgan fingerprint density at radius 2 is 2.03 bits per heavy atom. The first-order valence-electron chi connectivity index (χ1n) is 10.7. The number of piperidine rings is 1. The zero-order valence-electron chi connectivity index (χ0n) is 17.7. The van der Waals surface area contributed by atoms with Crippen LogP contribution in [0.1, 0.15) is 31.4 Å². The number of amides is 1. The van der Waals surface area contributed by atoms with Crippen LogP contribution in [0, 0.1) is 5.82 Å². The van der Waals surface area contributed by atoms with Crippen molar-refractivity contribution >= 4 is 22.7 Å². The largest absolute Gasteiger partial charge is 0.454 e. The molecule has 2 aliphatic rings. The molecule has 1 atom stereocenters. The quantitative estimate of drug-likeness (QED) is 0.623. The number of anilines is 1. The van der Waals surface area contributed by atoms with Crippen LogP contribution in [0.3, 0.4) is 0 Å². The van der Waals surface area contributed by atoms with Crippen molar-refractivity contribution in [2.45, 2.75) is 31.8 Å². The monoisotopic (exact) mass is 441 g/mol. The van der Waals surface area contributed by atoms with Crippen molar-refractivity contribution < 1.29 is 27.9 Å². The number of nitrogens with one attached hydrogen (secondary N) is 1. The van der Waals surface area contributed by atoms with Gasteiger partial charge in [-0.15, -0.1) is 0 Å². The highest BCUT2D eigenvalue weighted by molar-refractivity contribution is 5.85. The van der Waals surface area contributed by atoms with Gasteiger partial charge in [-0.1, -0.05) is 5.16 Å². The van der Waals surface area contributed by atoms with Gasteiger partial charge in [0, 0.05) is 35.7 Å². The van der Waals surface area contributed by atoms with Gasteiger partial charge in [0.25, 0.3) is 0 Å². The number of fused-ring (bicyclic) bond motifs is 2. The van der Waals surface area contributed by atoms with Crippen LogP contribution in [-0.2, 0) is 4.74 Å². The molecule has 9 heteroatoms. The zero-order chi connectivity index (χ0) is 22.1. The zero-order valence-corrected chi connectivity index (χ0v) is 17.7. The summed E-state index contributed by atoms with van der Waals surface area (Å²) in [4.78, 5) is 14.5. The number of carbonyl (C=O) groups excluding carboxylic acids is 1. The number of hydrogen-bond acceptors (Lipinski definition) is 7. The summed E-state index contributed by atoms with van der Waals surface area (Å²) in [6.07, 6.45) is 1.05. The number of hydrogen-bond donors (Lipinski definition) is 1. The lowest BCUT2D eigenvalue weighted by molar-refractivity contribution is 0.0806. The smallest absolute Gasteiger partial charge is 0.411 e. The van der Waals surface area contributed by atoms with E-state index in [-0.39, 0.29) is 24.6 Å². The lowest BCUT2D eigenvalue weighted by atomic mass is 9.91. The van der Waals surface area contributed by atoms with Gasteiger partial charge in [-0.05, 0) is 57.1 Å². The number of benzene rings is 2. The van der Waals surface area contributed by atoms with Gasteiger partial charge in [0.05, 0.1) is 5.69 Å². The van der Waals surface area contributed by atoms with E-state index in [2.05, 4.69) is 15.4 Å². The summed E-state index contributed by atoms with van der Waals surface area (Å²) in [7, 11) is 0. The van der Waals surface area contributed by atoms with Crippen LogP contribution in [0.25, 0.3) is 11.0 Å². The Morgan fingerprint density at radius 3 is 2.88 bits per heavy atom. The van der Waals surface area contributed by atoms with E-state index in [4.69, 9.17) is 18.7 Å². The van der Waals surface area contributed by atoms with Crippen molar-refractivity contribution in [3.63, 3.8) is 0 Å². The Hall–Kier alpha value is -3.33. The van der Waals surface area contributed by atoms with E-state index < -0.39 is 6.09 Å². The summed E-state index contributed by atoms with van der Waals surface area (Å²) in [5.74, 6) is 1.20. The molecule has 1 amide bonds. The molecule has 32 heavy (non-hydrogen) atoms. The predicted molar refractivity (Wildman–Crippen MR) is 115 cm³/mol. The Labute approximate surface area is 184 Å². The number of aromatic nitrogens is 1. The second kappa shape index (κ2) is 8.66. The van der Waals surface area contributed by atoms with E-state index in [9.17, 15) is 9.18 Å². The van der Waals surface area contributed by atoms with Crippen LogP contribution in [-0.4, -0.2) is 48.7 Å². The number of ether oxygens (including phenoxy) is 3. The standard InChI is InChI=1S/C23H24FN3O5/c1-14(31-23(28)25-17-3-5-19-21(11-17)30-13-29-19)12-27-8-6-15(7-9-27)22-18-4-2-16(24)10-20(18)32-26-22/h2-5,10-11,14-15H,6-9,12-13H2,1H3,(H,25,28). The first-order valence-corrected chi connectivity index (χ1v) is 10.7. The maximum absolute atomic E-state index is 13.4. The lowest BCUT2D eigenvalue weighted by Gasteiger charge is -2.32. The van der Waals surface area contributed by atoms with Crippen LogP contribution >= 0.6 is 0 Å². The molecule has 1 fully saturated rings. The fourth-order valence-corrected chi connectivity index (χ4v) is 4.32. The fourth-order valence-electron chi connectivity index (χ4n) is 4.32. The van der Waals surface area contributed by atoms with Crippen molar-refractivity contribution in [1.29, 1.82) is 0 Å².